The van der Waals surface area contributed by atoms with E-state index < -0.39 is 46.5 Å². The van der Waals surface area contributed by atoms with Crippen molar-refractivity contribution in [3.05, 3.63) is 54.6 Å². The number of likely N-dealkylation sites (tertiary alicyclic amines) is 1. The van der Waals surface area contributed by atoms with E-state index in [9.17, 15) is 28.1 Å². The Kier molecular flexibility index (Phi) is 10.5. The molecule has 0 radical (unpaired) electrons. The lowest BCUT2D eigenvalue weighted by atomic mass is 9.77. The molecule has 2 aliphatic rings. The van der Waals surface area contributed by atoms with Crippen LogP contribution >= 0.6 is 0 Å². The van der Waals surface area contributed by atoms with Crippen LogP contribution in [-0.2, 0) is 19.6 Å². The molecule has 0 bridgehead atoms. The van der Waals surface area contributed by atoms with Gasteiger partial charge in [-0.25, -0.2) is 8.42 Å². The monoisotopic (exact) mass is 597 g/mol. The summed E-state index contributed by atoms with van der Waals surface area (Å²) in [5.41, 5.74) is 0.435. The van der Waals surface area contributed by atoms with Crippen LogP contribution in [0.2, 0.25) is 0 Å². The van der Waals surface area contributed by atoms with Gasteiger partial charge in [-0.1, -0.05) is 95.3 Å². The molecule has 1 saturated carbocycles. The summed E-state index contributed by atoms with van der Waals surface area (Å²) >= 11 is 0. The van der Waals surface area contributed by atoms with E-state index >= 15 is 0 Å². The largest absolute Gasteiger partial charge is 0.475 e. The lowest BCUT2D eigenvalue weighted by molar-refractivity contribution is -0.142. The molecule has 9 nitrogen and oxygen atoms in total. The maximum absolute atomic E-state index is 14.2. The molecule has 1 aliphatic carbocycles. The second-order valence-electron chi connectivity index (χ2n) is 12.1. The van der Waals surface area contributed by atoms with Gasteiger partial charge in [-0.3, -0.25) is 9.59 Å². The maximum atomic E-state index is 14.2. The molecular formula is C31H44BN3O6S. The molecule has 42 heavy (non-hydrogen) atoms. The Hall–Kier alpha value is -2.73. The first-order valence-corrected chi connectivity index (χ1v) is 16.6. The van der Waals surface area contributed by atoms with E-state index in [1.807, 2.05) is 44.2 Å². The second-order valence-corrected chi connectivity index (χ2v) is 13.7. The third kappa shape index (κ3) is 7.07. The van der Waals surface area contributed by atoms with Crippen molar-refractivity contribution in [1.29, 1.82) is 0 Å². The van der Waals surface area contributed by atoms with Crippen LogP contribution in [0.4, 0.5) is 0 Å². The highest BCUT2D eigenvalue weighted by molar-refractivity contribution is 7.89. The number of sulfonamides is 1. The summed E-state index contributed by atoms with van der Waals surface area (Å²) in [4.78, 5) is 29.4. The predicted molar refractivity (Wildman–Crippen MR) is 163 cm³/mol. The number of carbonyl (C=O) groups is 2. The molecule has 2 amide bonds. The summed E-state index contributed by atoms with van der Waals surface area (Å²) in [7, 11) is -5.80. The topological polar surface area (TPSA) is 136 Å². The SMILES string of the molecule is CCC(NC(=O)[C@H](CC1CCCCC1)N1CCC(NS(=O)(=O)c2ccc(-c3ccccc3)cc2)(C(C)C)C1=O)B(O)O. The fourth-order valence-electron chi connectivity index (χ4n) is 6.34. The van der Waals surface area contributed by atoms with Crippen LogP contribution < -0.4 is 10.0 Å². The zero-order chi connectivity index (χ0) is 30.5. The van der Waals surface area contributed by atoms with Crippen molar-refractivity contribution in [3.63, 3.8) is 0 Å². The molecule has 0 spiro atoms. The predicted octanol–water partition coefficient (Wildman–Crippen LogP) is 3.50. The third-order valence-corrected chi connectivity index (χ3v) is 10.6. The molecule has 2 unspecified atom stereocenters. The van der Waals surface area contributed by atoms with Crippen molar-refractivity contribution < 1.29 is 28.1 Å². The lowest BCUT2D eigenvalue weighted by Gasteiger charge is -2.36. The van der Waals surface area contributed by atoms with Gasteiger partial charge in [0.2, 0.25) is 21.8 Å². The zero-order valence-electron chi connectivity index (χ0n) is 24.8. The second kappa shape index (κ2) is 13.7. The molecule has 1 aliphatic heterocycles. The minimum absolute atomic E-state index is 0.0627. The van der Waals surface area contributed by atoms with E-state index in [2.05, 4.69) is 10.0 Å². The molecule has 3 atom stereocenters. The zero-order valence-corrected chi connectivity index (χ0v) is 25.6. The van der Waals surface area contributed by atoms with Crippen LogP contribution in [0, 0.1) is 11.8 Å². The van der Waals surface area contributed by atoms with Crippen LogP contribution in [-0.4, -0.2) is 66.4 Å². The Labute approximate surface area is 250 Å². The van der Waals surface area contributed by atoms with Crippen molar-refractivity contribution in [2.24, 2.45) is 11.8 Å². The number of nitrogens with zero attached hydrogens (tertiary/aromatic N) is 1. The summed E-state index contributed by atoms with van der Waals surface area (Å²) in [5, 5.41) is 22.2. The van der Waals surface area contributed by atoms with Crippen molar-refractivity contribution in [2.45, 2.75) is 94.6 Å². The minimum atomic E-state index is -4.07. The molecule has 2 aromatic carbocycles. The number of amides is 2. The highest BCUT2D eigenvalue weighted by Gasteiger charge is 2.54. The molecule has 2 aromatic rings. The Morgan fingerprint density at radius 1 is 1.02 bits per heavy atom. The van der Waals surface area contributed by atoms with Gasteiger partial charge >= 0.3 is 7.12 Å². The van der Waals surface area contributed by atoms with Gasteiger partial charge in [0.05, 0.1) is 10.8 Å². The van der Waals surface area contributed by atoms with Crippen LogP contribution in [0.3, 0.4) is 0 Å². The maximum Gasteiger partial charge on any atom is 0.475 e. The molecule has 0 aromatic heterocycles. The van der Waals surface area contributed by atoms with E-state index in [-0.39, 0.29) is 29.7 Å². The van der Waals surface area contributed by atoms with Gasteiger partial charge in [0, 0.05) is 6.54 Å². The third-order valence-electron chi connectivity index (χ3n) is 9.05. The van der Waals surface area contributed by atoms with Crippen molar-refractivity contribution >= 4 is 29.0 Å². The molecule has 4 N–H and O–H groups in total. The molecule has 4 rings (SSSR count). The minimum Gasteiger partial charge on any atom is -0.426 e. The lowest BCUT2D eigenvalue weighted by Crippen LogP contribution is -2.60. The number of hydrogen-bond acceptors (Lipinski definition) is 6. The Morgan fingerprint density at radius 2 is 1.64 bits per heavy atom. The van der Waals surface area contributed by atoms with E-state index in [0.29, 0.717) is 12.8 Å². The number of nitrogens with one attached hydrogen (secondary N) is 2. The quantitative estimate of drug-likeness (QED) is 0.277. The number of rotatable bonds is 12. The van der Waals surface area contributed by atoms with Crippen LogP contribution in [0.5, 0.6) is 0 Å². The van der Waals surface area contributed by atoms with Gasteiger partial charge in [-0.2, -0.15) is 4.72 Å². The molecular weight excluding hydrogens is 553 g/mol. The fraction of sp³-hybridized carbons (Fsp3) is 0.548. The van der Waals surface area contributed by atoms with Gasteiger partial charge in [0.15, 0.2) is 0 Å². The number of carbonyl (C=O) groups excluding carboxylic acids is 2. The van der Waals surface area contributed by atoms with Crippen LogP contribution in [0.15, 0.2) is 59.5 Å². The average Bonchev–Trinajstić information content (AvgIpc) is 3.31. The summed E-state index contributed by atoms with van der Waals surface area (Å²) < 4.78 is 30.1. The van der Waals surface area contributed by atoms with Crippen molar-refractivity contribution in [1.82, 2.24) is 14.9 Å². The van der Waals surface area contributed by atoms with E-state index in [1.54, 1.807) is 31.2 Å². The summed E-state index contributed by atoms with van der Waals surface area (Å²) in [6.07, 6.45) is 6.20. The Bertz CT molecular complexity index is 1320. The van der Waals surface area contributed by atoms with Crippen molar-refractivity contribution in [2.75, 3.05) is 6.54 Å². The molecule has 2 fully saturated rings. The summed E-state index contributed by atoms with van der Waals surface area (Å²) in [6.45, 7) is 5.59. The smallest absolute Gasteiger partial charge is 0.426 e. The van der Waals surface area contributed by atoms with Gasteiger partial charge in [0.1, 0.15) is 11.6 Å². The van der Waals surface area contributed by atoms with Crippen LogP contribution in [0.25, 0.3) is 11.1 Å². The number of hydrogen-bond donors (Lipinski definition) is 4. The van der Waals surface area contributed by atoms with Gasteiger partial charge in [0.25, 0.3) is 0 Å². The van der Waals surface area contributed by atoms with Gasteiger partial charge in [-0.05, 0) is 54.4 Å². The molecule has 228 valence electrons. The number of benzene rings is 2. The first-order chi connectivity index (χ1) is 20.0. The normalized spacial score (nSPS) is 21.4. The van der Waals surface area contributed by atoms with Crippen LogP contribution in [0.1, 0.15) is 72.1 Å². The Balaban J connectivity index is 1.59. The first kappa shape index (κ1) is 32.2. The molecule has 11 heteroatoms. The van der Waals surface area contributed by atoms with Gasteiger partial charge in [-0.15, -0.1) is 0 Å². The summed E-state index contributed by atoms with van der Waals surface area (Å²) in [5.74, 6) is -1.84. The average molecular weight is 598 g/mol. The van der Waals surface area contributed by atoms with E-state index in [0.717, 1.165) is 43.2 Å². The van der Waals surface area contributed by atoms with E-state index in [4.69, 9.17) is 0 Å². The first-order valence-electron chi connectivity index (χ1n) is 15.2. The van der Waals surface area contributed by atoms with Crippen molar-refractivity contribution in [3.8, 4) is 11.1 Å². The van der Waals surface area contributed by atoms with Gasteiger partial charge < -0.3 is 20.3 Å². The Morgan fingerprint density at radius 3 is 2.21 bits per heavy atom. The standard InChI is InChI=1S/C31H44BN3O6S/c1-4-28(32(38)39)33-29(36)27(21-23-11-7-5-8-12-23)35-20-19-31(22(2)3,30(35)37)34-42(40,41)26-17-15-25(16-18-26)24-13-9-6-10-14-24/h6,9-10,13-18,22-23,27-28,34,38-39H,4-5,7-8,11-12,19-21H2,1-3H3,(H,33,36)/t27-,28?,31?/m0/s1. The summed E-state index contributed by atoms with van der Waals surface area (Å²) in [6, 6.07) is 15.4. The highest BCUT2D eigenvalue weighted by Crippen LogP contribution is 2.36. The fourth-order valence-corrected chi connectivity index (χ4v) is 7.86. The molecule has 1 heterocycles. The highest BCUT2D eigenvalue weighted by atomic mass is 32.2. The molecule has 1 saturated heterocycles. The van der Waals surface area contributed by atoms with E-state index in [1.165, 1.54) is 4.90 Å².